The number of nitrogens with one attached hydrogen (secondary N) is 1. The first-order valence-electron chi connectivity index (χ1n) is 7.41. The largest absolute Gasteiger partial charge is 0.379 e. The van der Waals surface area contributed by atoms with Crippen LogP contribution in [0.4, 0.5) is 5.69 Å². The normalized spacial score (nSPS) is 17.9. The van der Waals surface area contributed by atoms with Crippen molar-refractivity contribution in [2.75, 3.05) is 5.32 Å². The molecule has 1 atom stereocenters. The van der Waals surface area contributed by atoms with Gasteiger partial charge in [0.25, 0.3) is 0 Å². The Hall–Kier alpha value is -1.91. The predicted octanol–water partition coefficient (Wildman–Crippen LogP) is 3.04. The highest BCUT2D eigenvalue weighted by Gasteiger charge is 2.21. The zero-order chi connectivity index (χ0) is 13.8. The van der Waals surface area contributed by atoms with Crippen molar-refractivity contribution >= 4 is 5.69 Å². The molecule has 3 rings (SSSR count). The van der Waals surface area contributed by atoms with Crippen molar-refractivity contribution in [2.24, 2.45) is 5.92 Å². The lowest BCUT2D eigenvalue weighted by Gasteiger charge is -2.29. The molecule has 0 radical (unpaired) electrons. The Bertz CT molecular complexity index is 531. The maximum atomic E-state index is 4.42. The van der Waals surface area contributed by atoms with Crippen molar-refractivity contribution in [1.29, 1.82) is 0 Å². The van der Waals surface area contributed by atoms with Crippen LogP contribution < -0.4 is 5.32 Å². The lowest BCUT2D eigenvalue weighted by atomic mass is 9.84. The Morgan fingerprint density at radius 3 is 2.90 bits per heavy atom. The fourth-order valence-corrected chi connectivity index (χ4v) is 3.01. The van der Waals surface area contributed by atoms with Crippen LogP contribution in [0.25, 0.3) is 5.82 Å². The molecule has 0 saturated heterocycles. The van der Waals surface area contributed by atoms with Gasteiger partial charge in [0.1, 0.15) is 12.7 Å². The molecule has 0 aliphatic heterocycles. The van der Waals surface area contributed by atoms with E-state index >= 15 is 0 Å². The molecule has 5 nitrogen and oxygen atoms in total. The molecule has 0 spiro atoms. The topological polar surface area (TPSA) is 55.6 Å². The zero-order valence-corrected chi connectivity index (χ0v) is 11.9. The summed E-state index contributed by atoms with van der Waals surface area (Å²) >= 11 is 0. The van der Waals surface area contributed by atoms with Gasteiger partial charge in [-0.05, 0) is 37.8 Å². The zero-order valence-electron chi connectivity index (χ0n) is 11.9. The van der Waals surface area contributed by atoms with Crippen LogP contribution in [-0.2, 0) is 0 Å². The predicted molar refractivity (Wildman–Crippen MR) is 78.8 cm³/mol. The second kappa shape index (κ2) is 6.03. The molecule has 20 heavy (non-hydrogen) atoms. The van der Waals surface area contributed by atoms with Crippen LogP contribution in [-0.4, -0.2) is 25.8 Å². The molecule has 1 unspecified atom stereocenters. The average molecular weight is 271 g/mol. The van der Waals surface area contributed by atoms with Crippen LogP contribution in [0.5, 0.6) is 0 Å². The van der Waals surface area contributed by atoms with Crippen LogP contribution >= 0.6 is 0 Å². The minimum absolute atomic E-state index is 0.460. The van der Waals surface area contributed by atoms with Gasteiger partial charge in [-0.3, -0.25) is 0 Å². The first kappa shape index (κ1) is 13.1. The maximum Gasteiger partial charge on any atom is 0.178 e. The van der Waals surface area contributed by atoms with Gasteiger partial charge in [0, 0.05) is 12.2 Å². The number of pyridine rings is 1. The maximum absolute atomic E-state index is 4.42. The summed E-state index contributed by atoms with van der Waals surface area (Å²) in [6, 6.07) is 4.47. The molecule has 1 aliphatic carbocycles. The Morgan fingerprint density at radius 1 is 1.30 bits per heavy atom. The molecule has 5 heteroatoms. The highest BCUT2D eigenvalue weighted by molar-refractivity contribution is 5.56. The number of aromatic nitrogens is 4. The van der Waals surface area contributed by atoms with Gasteiger partial charge in [0.05, 0.1) is 5.69 Å². The number of rotatable bonds is 4. The Labute approximate surface area is 119 Å². The number of nitrogens with zero attached hydrogens (tertiary/aromatic N) is 4. The quantitative estimate of drug-likeness (QED) is 0.928. The lowest BCUT2D eigenvalue weighted by molar-refractivity contribution is 0.328. The van der Waals surface area contributed by atoms with Crippen LogP contribution in [0.3, 0.4) is 0 Å². The minimum atomic E-state index is 0.460. The van der Waals surface area contributed by atoms with Gasteiger partial charge < -0.3 is 5.32 Å². The standard InChI is InChI=1S/C15H21N5/c1-12(13-6-3-2-4-7-13)19-14-8-5-9-17-15(14)20-11-16-10-18-20/h5,8-13,19H,2-4,6-7H2,1H3. The van der Waals surface area contributed by atoms with E-state index in [-0.39, 0.29) is 0 Å². The number of anilines is 1. The van der Waals surface area contributed by atoms with Gasteiger partial charge in [-0.1, -0.05) is 19.3 Å². The molecule has 0 aromatic carbocycles. The second-order valence-electron chi connectivity index (χ2n) is 5.55. The van der Waals surface area contributed by atoms with Crippen molar-refractivity contribution in [3.63, 3.8) is 0 Å². The van der Waals surface area contributed by atoms with Gasteiger partial charge in [0.15, 0.2) is 5.82 Å². The highest BCUT2D eigenvalue weighted by atomic mass is 15.3. The fourth-order valence-electron chi connectivity index (χ4n) is 3.01. The summed E-state index contributed by atoms with van der Waals surface area (Å²) in [5.41, 5.74) is 1.02. The van der Waals surface area contributed by atoms with Crippen molar-refractivity contribution in [2.45, 2.75) is 45.1 Å². The van der Waals surface area contributed by atoms with E-state index < -0.39 is 0 Å². The van der Waals surface area contributed by atoms with Crippen LogP contribution in [0.15, 0.2) is 31.0 Å². The van der Waals surface area contributed by atoms with Gasteiger partial charge in [0.2, 0.25) is 0 Å². The van der Waals surface area contributed by atoms with Gasteiger partial charge >= 0.3 is 0 Å². The summed E-state index contributed by atoms with van der Waals surface area (Å²) in [4.78, 5) is 8.41. The molecule has 106 valence electrons. The van der Waals surface area contributed by atoms with Gasteiger partial charge in [-0.15, -0.1) is 0 Å². The summed E-state index contributed by atoms with van der Waals surface area (Å²) in [6.45, 7) is 2.27. The molecule has 1 N–H and O–H groups in total. The molecule has 2 heterocycles. The molecular formula is C15H21N5. The van der Waals surface area contributed by atoms with E-state index in [9.17, 15) is 0 Å². The molecule has 0 bridgehead atoms. The molecule has 1 aliphatic rings. The molecule has 1 fully saturated rings. The van der Waals surface area contributed by atoms with Crippen molar-refractivity contribution < 1.29 is 0 Å². The van der Waals surface area contributed by atoms with Crippen LogP contribution in [0, 0.1) is 5.92 Å². The molecule has 2 aromatic heterocycles. The first-order chi connectivity index (χ1) is 9.84. The second-order valence-corrected chi connectivity index (χ2v) is 5.55. The molecular weight excluding hydrogens is 250 g/mol. The van der Waals surface area contributed by atoms with Crippen molar-refractivity contribution in [3.05, 3.63) is 31.0 Å². The van der Waals surface area contributed by atoms with E-state index in [1.807, 2.05) is 6.07 Å². The summed E-state index contributed by atoms with van der Waals surface area (Å²) in [7, 11) is 0. The Morgan fingerprint density at radius 2 is 2.15 bits per heavy atom. The summed E-state index contributed by atoms with van der Waals surface area (Å²) in [6.07, 6.45) is 11.8. The highest BCUT2D eigenvalue weighted by Crippen LogP contribution is 2.28. The van der Waals surface area contributed by atoms with Gasteiger partial charge in [-0.25, -0.2) is 14.6 Å². The van der Waals surface area contributed by atoms with Crippen LogP contribution in [0.1, 0.15) is 39.0 Å². The third-order valence-electron chi connectivity index (χ3n) is 4.16. The van der Waals surface area contributed by atoms with E-state index in [1.54, 1.807) is 17.2 Å². The van der Waals surface area contributed by atoms with E-state index in [0.717, 1.165) is 17.4 Å². The van der Waals surface area contributed by atoms with E-state index in [1.165, 1.54) is 38.4 Å². The third kappa shape index (κ3) is 2.81. The lowest BCUT2D eigenvalue weighted by Crippen LogP contribution is -2.28. The average Bonchev–Trinajstić information content (AvgIpc) is 3.03. The smallest absolute Gasteiger partial charge is 0.178 e. The summed E-state index contributed by atoms with van der Waals surface area (Å²) < 4.78 is 1.70. The Balaban J connectivity index is 1.77. The third-order valence-corrected chi connectivity index (χ3v) is 4.16. The monoisotopic (exact) mass is 271 g/mol. The summed E-state index contributed by atoms with van der Waals surface area (Å²) in [5.74, 6) is 1.57. The molecule has 2 aromatic rings. The minimum Gasteiger partial charge on any atom is -0.379 e. The van der Waals surface area contributed by atoms with E-state index in [2.05, 4.69) is 33.4 Å². The fraction of sp³-hybridized carbons (Fsp3) is 0.533. The number of hydrogen-bond acceptors (Lipinski definition) is 4. The first-order valence-corrected chi connectivity index (χ1v) is 7.41. The van der Waals surface area contributed by atoms with Gasteiger partial charge in [-0.2, -0.15) is 5.10 Å². The van der Waals surface area contributed by atoms with Crippen molar-refractivity contribution in [3.8, 4) is 5.82 Å². The SMILES string of the molecule is CC(Nc1cccnc1-n1cncn1)C1CCCCC1. The van der Waals surface area contributed by atoms with E-state index in [0.29, 0.717) is 6.04 Å². The number of hydrogen-bond donors (Lipinski definition) is 1. The molecule has 0 amide bonds. The molecule has 1 saturated carbocycles. The van der Waals surface area contributed by atoms with Crippen LogP contribution in [0.2, 0.25) is 0 Å². The Kier molecular flexibility index (Phi) is 3.95. The van der Waals surface area contributed by atoms with E-state index in [4.69, 9.17) is 0 Å². The summed E-state index contributed by atoms with van der Waals surface area (Å²) in [5, 5.41) is 7.79. The van der Waals surface area contributed by atoms with Crippen molar-refractivity contribution in [1.82, 2.24) is 19.7 Å².